The van der Waals surface area contributed by atoms with Crippen LogP contribution in [0.1, 0.15) is 83.8 Å². The lowest BCUT2D eigenvalue weighted by molar-refractivity contribution is -0.165. The smallest absolute Gasteiger partial charge is 0.312 e. The van der Waals surface area contributed by atoms with E-state index in [1.54, 1.807) is 27.7 Å². The minimum Gasteiger partial charge on any atom is -0.452 e. The number of carbonyl (C=O) groups is 4. The van der Waals surface area contributed by atoms with Crippen molar-refractivity contribution in [3.8, 4) is 0 Å². The molecule has 1 aromatic rings. The number of aliphatic hydroxyl groups is 1. The van der Waals surface area contributed by atoms with Gasteiger partial charge in [0.2, 0.25) is 5.91 Å². The molecule has 1 fully saturated rings. The zero-order chi connectivity index (χ0) is 29.4. The first-order valence-electron chi connectivity index (χ1n) is 14.6. The van der Waals surface area contributed by atoms with E-state index < -0.39 is 42.1 Å². The number of hydrogen-bond acceptors (Lipinski definition) is 7. The number of esters is 1. The molecule has 3 rings (SSSR count). The molecule has 10 heteroatoms. The average Bonchev–Trinajstić information content (AvgIpc) is 2.94. The molecule has 222 valence electrons. The molecule has 4 bridgehead atoms. The van der Waals surface area contributed by atoms with Crippen LogP contribution >= 0.6 is 0 Å². The van der Waals surface area contributed by atoms with Gasteiger partial charge in [0, 0.05) is 13.1 Å². The van der Waals surface area contributed by atoms with Gasteiger partial charge in [-0.15, -0.1) is 0 Å². The number of carbonyl (C=O) groups excluding carboxylic acids is 4. The fraction of sp³-hybridized carbons (Fsp3) is 0.667. The molecule has 0 saturated carbocycles. The van der Waals surface area contributed by atoms with E-state index in [9.17, 15) is 24.3 Å². The molecule has 2 heterocycles. The van der Waals surface area contributed by atoms with Crippen molar-refractivity contribution in [3.63, 3.8) is 0 Å². The van der Waals surface area contributed by atoms with Crippen LogP contribution in [0.15, 0.2) is 24.3 Å². The number of aliphatic hydroxyl groups excluding tert-OH is 1. The summed E-state index contributed by atoms with van der Waals surface area (Å²) < 4.78 is 5.55. The van der Waals surface area contributed by atoms with Crippen LogP contribution in [0.3, 0.4) is 0 Å². The first kappa shape index (κ1) is 31.5. The molecule has 2 aliphatic heterocycles. The maximum Gasteiger partial charge on any atom is 0.312 e. The van der Waals surface area contributed by atoms with E-state index in [4.69, 9.17) is 4.74 Å². The topological polar surface area (TPSA) is 137 Å². The van der Waals surface area contributed by atoms with Gasteiger partial charge in [0.15, 0.2) is 6.10 Å². The van der Waals surface area contributed by atoms with Crippen molar-refractivity contribution in [1.82, 2.24) is 21.1 Å². The van der Waals surface area contributed by atoms with Gasteiger partial charge in [-0.2, -0.15) is 0 Å². The lowest BCUT2D eigenvalue weighted by atomic mass is 9.95. The Bertz CT molecular complexity index is 1050. The van der Waals surface area contributed by atoms with Gasteiger partial charge in [-0.3, -0.25) is 24.2 Å². The van der Waals surface area contributed by atoms with Crippen LogP contribution in [-0.4, -0.2) is 71.2 Å². The second-order valence-corrected chi connectivity index (χ2v) is 11.6. The normalized spacial score (nSPS) is 30.3. The van der Waals surface area contributed by atoms with Crippen molar-refractivity contribution in [2.24, 2.45) is 11.8 Å². The van der Waals surface area contributed by atoms with Crippen molar-refractivity contribution in [1.29, 1.82) is 0 Å². The summed E-state index contributed by atoms with van der Waals surface area (Å²) in [5.74, 6) is -2.81. The molecule has 2 aliphatic rings. The van der Waals surface area contributed by atoms with Gasteiger partial charge in [-0.25, -0.2) is 5.43 Å². The van der Waals surface area contributed by atoms with Gasteiger partial charge < -0.3 is 20.5 Å². The number of hydrazine groups is 1. The fourth-order valence-corrected chi connectivity index (χ4v) is 5.09. The molecular weight excluding hydrogens is 512 g/mol. The summed E-state index contributed by atoms with van der Waals surface area (Å²) in [5.41, 5.74) is 5.33. The van der Waals surface area contributed by atoms with E-state index in [0.29, 0.717) is 32.4 Å². The number of ether oxygens (including phenoxy) is 1. The zero-order valence-electron chi connectivity index (χ0n) is 24.4. The molecule has 6 atom stereocenters. The molecule has 10 nitrogen and oxygen atoms in total. The van der Waals surface area contributed by atoms with E-state index in [1.165, 1.54) is 10.6 Å². The minimum absolute atomic E-state index is 0.102. The molecule has 0 aromatic heterocycles. The second kappa shape index (κ2) is 14.6. The van der Waals surface area contributed by atoms with Crippen LogP contribution in [0.2, 0.25) is 0 Å². The third-order valence-corrected chi connectivity index (χ3v) is 7.87. The Hall–Kier alpha value is -2.98. The number of rotatable bonds is 1. The van der Waals surface area contributed by atoms with Gasteiger partial charge >= 0.3 is 5.97 Å². The maximum atomic E-state index is 13.2. The lowest BCUT2D eigenvalue weighted by Crippen LogP contribution is -2.61. The molecule has 4 N–H and O–H groups in total. The summed E-state index contributed by atoms with van der Waals surface area (Å²) in [4.78, 5) is 52.0. The number of aryl methyl sites for hydroxylation is 1. The summed E-state index contributed by atoms with van der Waals surface area (Å²) in [5, 5.41) is 17.7. The summed E-state index contributed by atoms with van der Waals surface area (Å²) in [6.45, 7) is 9.62. The number of benzene rings is 1. The number of fused-ring (bicyclic) bond motifs is 4. The third-order valence-electron chi connectivity index (χ3n) is 7.87. The first-order valence-corrected chi connectivity index (χ1v) is 14.6. The molecule has 0 radical (unpaired) electrons. The highest BCUT2D eigenvalue weighted by molar-refractivity contribution is 5.90. The highest BCUT2D eigenvalue weighted by Crippen LogP contribution is 2.20. The molecule has 1 aromatic carbocycles. The van der Waals surface area contributed by atoms with Crippen LogP contribution in [0.25, 0.3) is 0 Å². The van der Waals surface area contributed by atoms with Crippen LogP contribution in [0.4, 0.5) is 0 Å². The Balaban J connectivity index is 1.79. The number of cyclic esters (lactones) is 1. The molecule has 0 aliphatic carbocycles. The highest BCUT2D eigenvalue weighted by Gasteiger charge is 2.35. The van der Waals surface area contributed by atoms with Crippen molar-refractivity contribution in [2.45, 2.75) is 103 Å². The van der Waals surface area contributed by atoms with Crippen molar-refractivity contribution in [2.75, 3.05) is 13.1 Å². The molecular formula is C30H46N4O6. The van der Waals surface area contributed by atoms with Gasteiger partial charge in [0.1, 0.15) is 12.1 Å². The number of nitrogens with zero attached hydrogens (tertiary/aromatic N) is 1. The van der Waals surface area contributed by atoms with Crippen LogP contribution in [0, 0.1) is 11.8 Å². The van der Waals surface area contributed by atoms with Gasteiger partial charge in [0.05, 0.1) is 12.0 Å². The fourth-order valence-electron chi connectivity index (χ4n) is 5.09. The number of nitrogens with one attached hydrogen (secondary N) is 3. The summed E-state index contributed by atoms with van der Waals surface area (Å²) in [7, 11) is 0. The Morgan fingerprint density at radius 1 is 1.00 bits per heavy atom. The van der Waals surface area contributed by atoms with E-state index >= 15 is 0 Å². The Morgan fingerprint density at radius 3 is 2.48 bits per heavy atom. The molecule has 40 heavy (non-hydrogen) atoms. The van der Waals surface area contributed by atoms with Crippen molar-refractivity contribution >= 4 is 23.7 Å². The monoisotopic (exact) mass is 558 g/mol. The predicted octanol–water partition coefficient (Wildman–Crippen LogP) is 2.20. The Kier molecular flexibility index (Phi) is 11.5. The standard InChI is InChI=1S/C30H46N4O6/c1-18(2)26-28(37)32-21(5)29(38)34-15-9-13-24(33-34)27(36)31-17-19(3)23-12-8-11-22(16-23)10-6-7-14-25(35)20(4)30(39)40-26/h8,11-12,16,18-21,24-26,33,35H,6-7,9-10,13-15,17H2,1-5H3,(H,31,36)(H,32,37). The Morgan fingerprint density at radius 2 is 1.75 bits per heavy atom. The van der Waals surface area contributed by atoms with Crippen LogP contribution in [-0.2, 0) is 30.3 Å². The largest absolute Gasteiger partial charge is 0.452 e. The lowest BCUT2D eigenvalue weighted by Gasteiger charge is -2.35. The van der Waals surface area contributed by atoms with Gasteiger partial charge in [-0.1, -0.05) is 51.5 Å². The average molecular weight is 559 g/mol. The van der Waals surface area contributed by atoms with E-state index in [-0.39, 0.29) is 23.7 Å². The van der Waals surface area contributed by atoms with Crippen molar-refractivity contribution in [3.05, 3.63) is 35.4 Å². The van der Waals surface area contributed by atoms with Gasteiger partial charge in [-0.05, 0) is 68.9 Å². The molecule has 3 amide bonds. The minimum atomic E-state index is -1.11. The van der Waals surface area contributed by atoms with E-state index in [1.807, 2.05) is 6.07 Å². The number of amides is 3. The molecule has 0 spiro atoms. The molecule has 1 saturated heterocycles. The van der Waals surface area contributed by atoms with Crippen molar-refractivity contribution < 1.29 is 29.0 Å². The third kappa shape index (κ3) is 8.51. The summed E-state index contributed by atoms with van der Waals surface area (Å²) in [6, 6.07) is 6.84. The highest BCUT2D eigenvalue weighted by atomic mass is 16.5. The quantitative estimate of drug-likeness (QED) is 0.388. The summed E-state index contributed by atoms with van der Waals surface area (Å²) >= 11 is 0. The van der Waals surface area contributed by atoms with Crippen LogP contribution < -0.4 is 16.1 Å². The Labute approximate surface area is 237 Å². The predicted molar refractivity (Wildman–Crippen MR) is 151 cm³/mol. The van der Waals surface area contributed by atoms with Crippen LogP contribution in [0.5, 0.6) is 0 Å². The summed E-state index contributed by atoms with van der Waals surface area (Å²) in [6.07, 6.45) is 2.08. The molecule has 6 unspecified atom stereocenters. The van der Waals surface area contributed by atoms with E-state index in [0.717, 1.165) is 24.8 Å². The number of hydrogen-bond donors (Lipinski definition) is 4. The SMILES string of the molecule is CC1NC(=O)C(C(C)C)OC(=O)C(C)C(O)CCCCc2cccc(c2)C(C)CNC(=O)C2CCCN(N2)C1=O. The second-order valence-electron chi connectivity index (χ2n) is 11.6. The van der Waals surface area contributed by atoms with E-state index in [2.05, 4.69) is 41.2 Å². The maximum absolute atomic E-state index is 13.2. The van der Waals surface area contributed by atoms with Gasteiger partial charge in [0.25, 0.3) is 11.8 Å². The zero-order valence-corrected chi connectivity index (χ0v) is 24.4. The first-order chi connectivity index (χ1) is 19.0.